The summed E-state index contributed by atoms with van der Waals surface area (Å²) < 4.78 is 10.5. The van der Waals surface area contributed by atoms with Gasteiger partial charge in [-0.15, -0.1) is 0 Å². The summed E-state index contributed by atoms with van der Waals surface area (Å²) in [4.78, 5) is 12.5. The third-order valence-electron chi connectivity index (χ3n) is 3.10. The van der Waals surface area contributed by atoms with Crippen LogP contribution in [-0.2, 0) is 6.42 Å². The molecule has 0 bridgehead atoms. The molecule has 0 radical (unpaired) electrons. The molecule has 0 heterocycles. The van der Waals surface area contributed by atoms with Crippen molar-refractivity contribution < 1.29 is 14.3 Å². The van der Waals surface area contributed by atoms with Crippen molar-refractivity contribution >= 4 is 29.0 Å². The van der Waals surface area contributed by atoms with Gasteiger partial charge in [-0.1, -0.05) is 35.3 Å². The van der Waals surface area contributed by atoms with Crippen LogP contribution in [0.15, 0.2) is 36.4 Å². The topological polar surface area (TPSA) is 35.5 Å². The van der Waals surface area contributed by atoms with E-state index < -0.39 is 0 Å². The van der Waals surface area contributed by atoms with Gasteiger partial charge in [0.15, 0.2) is 17.3 Å². The Hall–Kier alpha value is -1.71. The number of ether oxygens (including phenoxy) is 2. The van der Waals surface area contributed by atoms with E-state index in [1.165, 1.54) is 14.2 Å². The molecule has 5 heteroatoms. The van der Waals surface area contributed by atoms with Crippen molar-refractivity contribution in [2.75, 3.05) is 14.2 Å². The van der Waals surface area contributed by atoms with Gasteiger partial charge in [-0.3, -0.25) is 4.79 Å². The normalized spacial score (nSPS) is 10.3. The Morgan fingerprint density at radius 2 is 1.62 bits per heavy atom. The Kier molecular flexibility index (Phi) is 5.10. The van der Waals surface area contributed by atoms with E-state index in [-0.39, 0.29) is 12.2 Å². The summed E-state index contributed by atoms with van der Waals surface area (Å²) in [6, 6.07) is 10.3. The van der Waals surface area contributed by atoms with Crippen molar-refractivity contribution in [3.05, 3.63) is 57.6 Å². The smallest absolute Gasteiger partial charge is 0.171 e. The second kappa shape index (κ2) is 6.83. The first-order valence-corrected chi connectivity index (χ1v) is 7.01. The summed E-state index contributed by atoms with van der Waals surface area (Å²) >= 11 is 12.2. The van der Waals surface area contributed by atoms with E-state index in [4.69, 9.17) is 32.7 Å². The highest BCUT2D eigenvalue weighted by Crippen LogP contribution is 2.33. The van der Waals surface area contributed by atoms with Crippen molar-refractivity contribution in [2.45, 2.75) is 6.42 Å². The molecule has 0 fully saturated rings. The maximum atomic E-state index is 12.5. The molecule has 0 saturated carbocycles. The standard InChI is InChI=1S/C16H14Cl2O3/c1-20-15-8-3-5-10(16(15)21-2)14(19)9-11-12(17)6-4-7-13(11)18/h3-8H,9H2,1-2H3. The largest absolute Gasteiger partial charge is 0.493 e. The molecule has 0 atom stereocenters. The summed E-state index contributed by atoms with van der Waals surface area (Å²) in [6.07, 6.45) is 0.0992. The Morgan fingerprint density at radius 1 is 1.00 bits per heavy atom. The molecule has 0 unspecified atom stereocenters. The highest BCUT2D eigenvalue weighted by atomic mass is 35.5. The molecule has 0 aliphatic carbocycles. The van der Waals surface area contributed by atoms with E-state index in [1.54, 1.807) is 36.4 Å². The number of carbonyl (C=O) groups is 1. The molecule has 0 aliphatic heterocycles. The number of benzene rings is 2. The van der Waals surface area contributed by atoms with Crippen LogP contribution in [0, 0.1) is 0 Å². The molecule has 3 nitrogen and oxygen atoms in total. The van der Waals surface area contributed by atoms with Crippen molar-refractivity contribution in [2.24, 2.45) is 0 Å². The lowest BCUT2D eigenvalue weighted by molar-refractivity contribution is 0.0989. The van der Waals surface area contributed by atoms with Crippen LogP contribution in [0.5, 0.6) is 11.5 Å². The number of rotatable bonds is 5. The fourth-order valence-corrected chi connectivity index (χ4v) is 2.59. The summed E-state index contributed by atoms with van der Waals surface area (Å²) in [5.74, 6) is 0.780. The second-order valence-corrected chi connectivity index (χ2v) is 5.16. The van der Waals surface area contributed by atoms with E-state index in [0.717, 1.165) is 0 Å². The Morgan fingerprint density at radius 3 is 2.19 bits per heavy atom. The lowest BCUT2D eigenvalue weighted by Crippen LogP contribution is -2.07. The van der Waals surface area contributed by atoms with Gasteiger partial charge >= 0.3 is 0 Å². The van der Waals surface area contributed by atoms with E-state index in [1.807, 2.05) is 0 Å². The zero-order valence-corrected chi connectivity index (χ0v) is 13.2. The molecule has 0 N–H and O–H groups in total. The van der Waals surface area contributed by atoms with Gasteiger partial charge < -0.3 is 9.47 Å². The zero-order chi connectivity index (χ0) is 15.4. The minimum absolute atomic E-state index is 0.0992. The number of halogens is 2. The fourth-order valence-electron chi connectivity index (χ4n) is 2.06. The van der Waals surface area contributed by atoms with E-state index in [9.17, 15) is 4.79 Å². The summed E-state index contributed by atoms with van der Waals surface area (Å²) in [5, 5.41) is 0.940. The predicted molar refractivity (Wildman–Crippen MR) is 84.0 cm³/mol. The highest BCUT2D eigenvalue weighted by Gasteiger charge is 2.18. The molecule has 21 heavy (non-hydrogen) atoms. The number of Topliss-reactive ketones (excluding diaryl/α,β-unsaturated/α-hetero) is 1. The third-order valence-corrected chi connectivity index (χ3v) is 3.81. The van der Waals surface area contributed by atoms with Gasteiger partial charge in [0.1, 0.15) is 0 Å². The van der Waals surface area contributed by atoms with E-state index in [2.05, 4.69) is 0 Å². The highest BCUT2D eigenvalue weighted by molar-refractivity contribution is 6.36. The lowest BCUT2D eigenvalue weighted by Gasteiger charge is -2.12. The summed E-state index contributed by atoms with van der Waals surface area (Å²) in [5.41, 5.74) is 1.04. The van der Waals surface area contributed by atoms with Crippen molar-refractivity contribution in [3.8, 4) is 11.5 Å². The van der Waals surface area contributed by atoms with Crippen LogP contribution in [0.3, 0.4) is 0 Å². The molecular formula is C16H14Cl2O3. The first-order valence-electron chi connectivity index (χ1n) is 6.25. The Balaban J connectivity index is 2.37. The van der Waals surface area contributed by atoms with Gasteiger partial charge in [0.05, 0.1) is 19.8 Å². The quantitative estimate of drug-likeness (QED) is 0.763. The third kappa shape index (κ3) is 3.31. The number of methoxy groups -OCH3 is 2. The van der Waals surface area contributed by atoms with Crippen LogP contribution in [0.4, 0.5) is 0 Å². The van der Waals surface area contributed by atoms with Gasteiger partial charge in [-0.2, -0.15) is 0 Å². The Labute approximate surface area is 133 Å². The Bertz CT molecular complexity index is 648. The van der Waals surface area contributed by atoms with Crippen LogP contribution >= 0.6 is 23.2 Å². The minimum atomic E-state index is -0.138. The minimum Gasteiger partial charge on any atom is -0.493 e. The van der Waals surface area contributed by atoms with Crippen LogP contribution < -0.4 is 9.47 Å². The summed E-state index contributed by atoms with van der Waals surface area (Å²) in [7, 11) is 3.02. The summed E-state index contributed by atoms with van der Waals surface area (Å²) in [6.45, 7) is 0. The molecular weight excluding hydrogens is 311 g/mol. The molecule has 0 aromatic heterocycles. The number of hydrogen-bond acceptors (Lipinski definition) is 3. The molecule has 2 aromatic rings. The molecule has 0 saturated heterocycles. The van der Waals surface area contributed by atoms with Crippen molar-refractivity contribution in [3.63, 3.8) is 0 Å². The molecule has 0 aliphatic rings. The maximum absolute atomic E-state index is 12.5. The number of para-hydroxylation sites is 1. The number of ketones is 1. The number of carbonyl (C=O) groups excluding carboxylic acids is 1. The zero-order valence-electron chi connectivity index (χ0n) is 11.7. The van der Waals surface area contributed by atoms with E-state index in [0.29, 0.717) is 32.7 Å². The van der Waals surface area contributed by atoms with Crippen molar-refractivity contribution in [1.82, 2.24) is 0 Å². The molecule has 110 valence electrons. The van der Waals surface area contributed by atoms with Gasteiger partial charge in [0.25, 0.3) is 0 Å². The molecule has 2 aromatic carbocycles. The number of hydrogen-bond donors (Lipinski definition) is 0. The monoisotopic (exact) mass is 324 g/mol. The SMILES string of the molecule is COc1cccc(C(=O)Cc2c(Cl)cccc2Cl)c1OC. The fraction of sp³-hybridized carbons (Fsp3) is 0.188. The predicted octanol–water partition coefficient (Wildman–Crippen LogP) is 4.44. The van der Waals surface area contributed by atoms with Gasteiger partial charge in [0, 0.05) is 16.5 Å². The lowest BCUT2D eigenvalue weighted by atomic mass is 10.0. The molecule has 2 rings (SSSR count). The van der Waals surface area contributed by atoms with Crippen molar-refractivity contribution in [1.29, 1.82) is 0 Å². The van der Waals surface area contributed by atoms with Crippen LogP contribution in [-0.4, -0.2) is 20.0 Å². The maximum Gasteiger partial charge on any atom is 0.171 e. The first-order chi connectivity index (χ1) is 10.1. The van der Waals surface area contributed by atoms with Crippen LogP contribution in [0.2, 0.25) is 10.0 Å². The van der Waals surface area contributed by atoms with E-state index >= 15 is 0 Å². The van der Waals surface area contributed by atoms with Gasteiger partial charge in [0.2, 0.25) is 0 Å². The van der Waals surface area contributed by atoms with Gasteiger partial charge in [-0.05, 0) is 29.8 Å². The second-order valence-electron chi connectivity index (χ2n) is 4.34. The average molecular weight is 325 g/mol. The van der Waals surface area contributed by atoms with Crippen LogP contribution in [0.25, 0.3) is 0 Å². The van der Waals surface area contributed by atoms with Gasteiger partial charge in [-0.25, -0.2) is 0 Å². The molecule has 0 spiro atoms. The average Bonchev–Trinajstić information content (AvgIpc) is 2.49. The molecule has 0 amide bonds. The first kappa shape index (κ1) is 15.7. The van der Waals surface area contributed by atoms with Crippen LogP contribution in [0.1, 0.15) is 15.9 Å².